The summed E-state index contributed by atoms with van der Waals surface area (Å²) < 4.78 is 54.2. The van der Waals surface area contributed by atoms with Crippen LogP contribution in [-0.2, 0) is 10.0 Å². The lowest BCUT2D eigenvalue weighted by atomic mass is 10.2. The summed E-state index contributed by atoms with van der Waals surface area (Å²) in [4.78, 5) is 17.5. The molecule has 0 saturated carbocycles. The van der Waals surface area contributed by atoms with Crippen molar-refractivity contribution in [2.75, 3.05) is 16.9 Å². The van der Waals surface area contributed by atoms with Crippen molar-refractivity contribution in [3.05, 3.63) is 77.5 Å². The standard InChI is InChI=1S/C13H13N5O2S2.C11H8F2N6S/c1-9-12(10-7-15-18(8-10)22(2,19)20)17-13(21-9)16-11-5-3-4-6-14-11;1-5-7(4-15-18-5)9-16-11(20-19-9)17-10-8(13)2-6(12)3-14-10/h3-8H,1-2H3,(H,14,16,17);2-4H,1H3,(H,15,18)(H,14,16,17,19). The van der Waals surface area contributed by atoms with Gasteiger partial charge in [-0.25, -0.2) is 32.2 Å². The third-order valence-corrected chi connectivity index (χ3v) is 7.80. The van der Waals surface area contributed by atoms with Gasteiger partial charge in [-0.2, -0.15) is 23.6 Å². The molecule has 3 N–H and O–H groups in total. The maximum Gasteiger partial charge on any atom is 0.250 e. The predicted octanol–water partition coefficient (Wildman–Crippen LogP) is 4.91. The lowest BCUT2D eigenvalue weighted by Gasteiger charge is -2.01. The highest BCUT2D eigenvalue weighted by atomic mass is 32.2. The Kier molecular flexibility index (Phi) is 8.27. The number of pyridine rings is 2. The van der Waals surface area contributed by atoms with E-state index in [4.69, 9.17) is 0 Å². The molecule has 0 aromatic carbocycles. The largest absolute Gasteiger partial charge is 0.316 e. The summed E-state index contributed by atoms with van der Waals surface area (Å²) in [5, 5.41) is 17.4. The average molecular weight is 630 g/mol. The van der Waals surface area contributed by atoms with Gasteiger partial charge in [0.05, 0.1) is 42.3 Å². The molecule has 13 nitrogen and oxygen atoms in total. The van der Waals surface area contributed by atoms with Crippen molar-refractivity contribution in [1.82, 2.24) is 43.7 Å². The number of halogens is 2. The van der Waals surface area contributed by atoms with Gasteiger partial charge in [-0.15, -0.1) is 11.3 Å². The Morgan fingerprint density at radius 2 is 1.86 bits per heavy atom. The van der Waals surface area contributed by atoms with Gasteiger partial charge in [-0.1, -0.05) is 6.07 Å². The van der Waals surface area contributed by atoms with Crippen molar-refractivity contribution >= 4 is 54.8 Å². The van der Waals surface area contributed by atoms with Gasteiger partial charge < -0.3 is 10.6 Å². The lowest BCUT2D eigenvalue weighted by molar-refractivity contribution is 0.576. The molecule has 0 aliphatic heterocycles. The molecule has 0 aliphatic rings. The van der Waals surface area contributed by atoms with Crippen LogP contribution in [0.2, 0.25) is 0 Å². The molecule has 6 rings (SSSR count). The zero-order valence-electron chi connectivity index (χ0n) is 22.1. The molecule has 6 heterocycles. The molecule has 0 aliphatic carbocycles. The second-order valence-corrected chi connectivity index (χ2v) is 12.4. The molecule has 18 heteroatoms. The van der Waals surface area contributed by atoms with Gasteiger partial charge in [-0.3, -0.25) is 5.10 Å². The number of nitrogens with one attached hydrogen (secondary N) is 3. The maximum absolute atomic E-state index is 13.5. The minimum absolute atomic E-state index is 0.0991. The first kappa shape index (κ1) is 28.8. The van der Waals surface area contributed by atoms with Crippen LogP contribution in [0.1, 0.15) is 10.6 Å². The quantitative estimate of drug-likeness (QED) is 0.219. The molecule has 6 aromatic heterocycles. The van der Waals surface area contributed by atoms with Crippen LogP contribution in [0.3, 0.4) is 0 Å². The van der Waals surface area contributed by atoms with Crippen molar-refractivity contribution in [3.8, 4) is 22.6 Å². The molecule has 0 atom stereocenters. The van der Waals surface area contributed by atoms with Crippen molar-refractivity contribution in [2.24, 2.45) is 0 Å². The van der Waals surface area contributed by atoms with Gasteiger partial charge in [0.15, 0.2) is 22.6 Å². The van der Waals surface area contributed by atoms with Crippen LogP contribution in [-0.4, -0.2) is 58.4 Å². The number of hydrogen-bond donors (Lipinski definition) is 3. The van der Waals surface area contributed by atoms with Crippen molar-refractivity contribution < 1.29 is 17.2 Å². The number of rotatable bonds is 7. The molecule has 0 radical (unpaired) electrons. The highest BCUT2D eigenvalue weighted by Gasteiger charge is 2.15. The second-order valence-electron chi connectivity index (χ2n) is 8.57. The number of thiazole rings is 1. The SMILES string of the molecule is Cc1[nH]ncc1-c1nsc(Nc2ncc(F)cc2F)n1.Cc1sc(Nc2ccccn2)nc1-c1cnn(S(C)(=O)=O)c1. The zero-order valence-corrected chi connectivity index (χ0v) is 24.5. The van der Waals surface area contributed by atoms with Crippen molar-refractivity contribution in [1.29, 1.82) is 0 Å². The molecular weight excluding hydrogens is 609 g/mol. The maximum atomic E-state index is 13.5. The van der Waals surface area contributed by atoms with Gasteiger partial charge >= 0.3 is 0 Å². The van der Waals surface area contributed by atoms with Crippen molar-refractivity contribution in [2.45, 2.75) is 13.8 Å². The molecule has 0 spiro atoms. The summed E-state index contributed by atoms with van der Waals surface area (Å²) >= 11 is 2.52. The molecule has 0 fully saturated rings. The Labute approximate surface area is 246 Å². The van der Waals surface area contributed by atoms with E-state index in [2.05, 4.69) is 50.2 Å². The molecule has 0 unspecified atom stereocenters. The van der Waals surface area contributed by atoms with Gasteiger partial charge in [0.25, 0.3) is 10.0 Å². The lowest BCUT2D eigenvalue weighted by Crippen LogP contribution is -2.09. The van der Waals surface area contributed by atoms with Crippen LogP contribution in [0.5, 0.6) is 0 Å². The minimum Gasteiger partial charge on any atom is -0.316 e. The number of aryl methyl sites for hydroxylation is 2. The molecule has 0 bridgehead atoms. The number of aromatic amines is 1. The fourth-order valence-electron chi connectivity index (χ4n) is 3.44. The van der Waals surface area contributed by atoms with Crippen LogP contribution in [0.15, 0.2) is 55.2 Å². The Bertz CT molecular complexity index is 1940. The Hall–Kier alpha value is -4.68. The van der Waals surface area contributed by atoms with Gasteiger partial charge in [0.2, 0.25) is 5.13 Å². The fraction of sp³-hybridized carbons (Fsp3) is 0.125. The second kappa shape index (κ2) is 12.0. The third-order valence-electron chi connectivity index (χ3n) is 5.40. The first-order chi connectivity index (χ1) is 20.1. The van der Waals surface area contributed by atoms with Crippen LogP contribution in [0, 0.1) is 25.5 Å². The number of hydrogen-bond acceptors (Lipinski definition) is 13. The van der Waals surface area contributed by atoms with Crippen LogP contribution >= 0.6 is 22.9 Å². The number of anilines is 4. The highest BCUT2D eigenvalue weighted by Crippen LogP contribution is 2.31. The summed E-state index contributed by atoms with van der Waals surface area (Å²) in [7, 11) is -3.39. The number of nitrogens with zero attached hydrogens (tertiary/aromatic N) is 8. The number of H-pyrrole nitrogens is 1. The summed E-state index contributed by atoms with van der Waals surface area (Å²) in [5.41, 5.74) is 2.97. The molecule has 0 saturated heterocycles. The van der Waals surface area contributed by atoms with Gasteiger partial charge in [-0.05, 0) is 26.0 Å². The number of aromatic nitrogens is 9. The summed E-state index contributed by atoms with van der Waals surface area (Å²) in [6.07, 6.45) is 8.28. The van der Waals surface area contributed by atoms with E-state index in [0.717, 1.165) is 50.3 Å². The van der Waals surface area contributed by atoms with Gasteiger partial charge in [0, 0.05) is 39.9 Å². The smallest absolute Gasteiger partial charge is 0.250 e. The van der Waals surface area contributed by atoms with Crippen LogP contribution < -0.4 is 10.6 Å². The van der Waals surface area contributed by atoms with E-state index >= 15 is 0 Å². The average Bonchev–Trinajstić information content (AvgIpc) is 3.74. The Balaban J connectivity index is 0.000000169. The fourth-order valence-corrected chi connectivity index (χ4v) is 5.39. The van der Waals surface area contributed by atoms with Crippen LogP contribution in [0.25, 0.3) is 22.6 Å². The molecule has 42 heavy (non-hydrogen) atoms. The van der Waals surface area contributed by atoms with Crippen LogP contribution in [0.4, 0.5) is 30.7 Å². The predicted molar refractivity (Wildman–Crippen MR) is 155 cm³/mol. The molecule has 216 valence electrons. The zero-order chi connectivity index (χ0) is 29.9. The normalized spacial score (nSPS) is 11.2. The Morgan fingerprint density at radius 1 is 1.02 bits per heavy atom. The first-order valence-corrected chi connectivity index (χ1v) is 15.3. The highest BCUT2D eigenvalue weighted by molar-refractivity contribution is 7.89. The first-order valence-electron chi connectivity index (χ1n) is 11.9. The molecule has 0 amide bonds. The van der Waals surface area contributed by atoms with Gasteiger partial charge in [0.1, 0.15) is 11.6 Å². The van der Waals surface area contributed by atoms with Crippen molar-refractivity contribution in [3.63, 3.8) is 0 Å². The Morgan fingerprint density at radius 3 is 2.52 bits per heavy atom. The molecule has 6 aromatic rings. The van der Waals surface area contributed by atoms with E-state index in [9.17, 15) is 17.2 Å². The van der Waals surface area contributed by atoms with E-state index in [1.165, 1.54) is 23.7 Å². The van der Waals surface area contributed by atoms with E-state index in [1.54, 1.807) is 12.4 Å². The van der Waals surface area contributed by atoms with E-state index in [0.29, 0.717) is 33.2 Å². The van der Waals surface area contributed by atoms with E-state index in [-0.39, 0.29) is 5.82 Å². The molecular formula is C24H21F2N11O2S3. The van der Waals surface area contributed by atoms with E-state index in [1.807, 2.05) is 32.0 Å². The minimum atomic E-state index is -3.39. The monoisotopic (exact) mass is 629 g/mol. The van der Waals surface area contributed by atoms with E-state index < -0.39 is 21.7 Å². The third kappa shape index (κ3) is 6.78. The summed E-state index contributed by atoms with van der Waals surface area (Å²) in [6.45, 7) is 3.77. The summed E-state index contributed by atoms with van der Waals surface area (Å²) in [6, 6.07) is 6.31. The topological polar surface area (TPSA) is 169 Å². The summed E-state index contributed by atoms with van der Waals surface area (Å²) in [5.74, 6) is -0.444.